The molecule has 2 amide bonds. The molecule has 2 fully saturated rings. The van der Waals surface area contributed by atoms with Crippen LogP contribution in [-0.4, -0.2) is 67.1 Å². The molecule has 1 saturated carbocycles. The summed E-state index contributed by atoms with van der Waals surface area (Å²) in [4.78, 5) is 53.0. The van der Waals surface area contributed by atoms with Gasteiger partial charge in [-0.25, -0.2) is 8.42 Å². The highest BCUT2D eigenvalue weighted by molar-refractivity contribution is 7.89. The molecular formula is C44H50N4O7S. The van der Waals surface area contributed by atoms with E-state index >= 15 is 0 Å². The van der Waals surface area contributed by atoms with Gasteiger partial charge < -0.3 is 20.6 Å². The molecule has 1 aliphatic heterocycles. The Bertz CT molecular complexity index is 2160. The number of aryl methyl sites for hydroxylation is 2. The zero-order chi connectivity index (χ0) is 39.8. The molecule has 0 atom stereocenters. The number of carboxylic acids is 1. The number of sulfonamides is 1. The quantitative estimate of drug-likeness (QED) is 0.110. The topological polar surface area (TPSA) is 153 Å². The molecule has 4 aromatic carbocycles. The Morgan fingerprint density at radius 2 is 1.39 bits per heavy atom. The van der Waals surface area contributed by atoms with Gasteiger partial charge in [0.2, 0.25) is 10.0 Å². The fraction of sp³-hybridized carbons (Fsp3) is 0.364. The Hall–Kier alpha value is -5.33. The van der Waals surface area contributed by atoms with Crippen LogP contribution in [0.5, 0.6) is 0 Å². The van der Waals surface area contributed by atoms with Gasteiger partial charge >= 0.3 is 5.97 Å². The Morgan fingerprint density at radius 3 is 2.00 bits per heavy atom. The van der Waals surface area contributed by atoms with E-state index in [0.717, 1.165) is 62.0 Å². The van der Waals surface area contributed by atoms with Gasteiger partial charge in [-0.3, -0.25) is 19.2 Å². The van der Waals surface area contributed by atoms with Gasteiger partial charge in [0.15, 0.2) is 5.78 Å². The van der Waals surface area contributed by atoms with Gasteiger partial charge in [-0.15, -0.1) is 0 Å². The summed E-state index contributed by atoms with van der Waals surface area (Å²) in [5, 5.41) is 15.3. The van der Waals surface area contributed by atoms with Gasteiger partial charge in [0.25, 0.3) is 11.8 Å². The van der Waals surface area contributed by atoms with Crippen molar-refractivity contribution >= 4 is 50.7 Å². The van der Waals surface area contributed by atoms with Crippen molar-refractivity contribution in [1.29, 1.82) is 0 Å². The number of carboxylic acid groups (broad SMARTS) is 1. The van der Waals surface area contributed by atoms with Gasteiger partial charge in [-0.1, -0.05) is 49.4 Å². The Balaban J connectivity index is 1.17. The lowest BCUT2D eigenvalue weighted by Gasteiger charge is -2.34. The number of anilines is 3. The number of carbonyl (C=O) groups excluding carboxylic acids is 3. The fourth-order valence-corrected chi connectivity index (χ4v) is 9.43. The van der Waals surface area contributed by atoms with Gasteiger partial charge in [0, 0.05) is 48.2 Å². The maximum absolute atomic E-state index is 13.9. The lowest BCUT2D eigenvalue weighted by molar-refractivity contribution is -0.143. The van der Waals surface area contributed by atoms with Crippen LogP contribution in [0.3, 0.4) is 0 Å². The molecule has 0 spiro atoms. The average molecular weight is 779 g/mol. The molecule has 6 rings (SSSR count). The van der Waals surface area contributed by atoms with E-state index < -0.39 is 33.7 Å². The van der Waals surface area contributed by atoms with Crippen LogP contribution >= 0.6 is 0 Å². The third-order valence-corrected chi connectivity index (χ3v) is 13.0. The van der Waals surface area contributed by atoms with Crippen molar-refractivity contribution in [2.75, 3.05) is 35.2 Å². The molecule has 56 heavy (non-hydrogen) atoms. The van der Waals surface area contributed by atoms with Gasteiger partial charge in [0.1, 0.15) is 0 Å². The van der Waals surface area contributed by atoms with Crippen molar-refractivity contribution in [3.05, 3.63) is 119 Å². The van der Waals surface area contributed by atoms with E-state index in [1.807, 2.05) is 54.6 Å². The molecule has 0 unspecified atom stereocenters. The largest absolute Gasteiger partial charge is 0.481 e. The second-order valence-electron chi connectivity index (χ2n) is 14.7. The first-order valence-corrected chi connectivity index (χ1v) is 20.9. The average Bonchev–Trinajstić information content (AvgIpc) is 3.21. The number of aliphatic carboxylic acids is 1. The van der Waals surface area contributed by atoms with Crippen molar-refractivity contribution in [3.63, 3.8) is 0 Å². The predicted octanol–water partition coefficient (Wildman–Crippen LogP) is 7.82. The Kier molecular flexibility index (Phi) is 13.0. The van der Waals surface area contributed by atoms with Crippen molar-refractivity contribution in [3.8, 4) is 0 Å². The van der Waals surface area contributed by atoms with Crippen LogP contribution in [0.15, 0.2) is 95.9 Å². The highest BCUT2D eigenvalue weighted by Crippen LogP contribution is 2.32. The number of ketones is 1. The first kappa shape index (κ1) is 40.3. The molecule has 294 valence electrons. The number of rotatable bonds is 14. The number of amides is 2. The SMILES string of the molecule is CCN(C1CCC(C(=O)O)CC1)S(=O)(=O)c1cccc(C(=O)Nc2ccc(N3CCCCC3)cc2C(=O)Nc2ccc(CCc3ccc(C(C)=O)cc3)cc2)c1. The smallest absolute Gasteiger partial charge is 0.306 e. The number of hydrogen-bond acceptors (Lipinski definition) is 7. The van der Waals surface area contributed by atoms with Gasteiger partial charge in [-0.05, 0) is 124 Å². The Morgan fingerprint density at radius 1 is 0.750 bits per heavy atom. The van der Waals surface area contributed by atoms with Crippen molar-refractivity contribution in [1.82, 2.24) is 4.31 Å². The summed E-state index contributed by atoms with van der Waals surface area (Å²) in [6.45, 7) is 5.25. The summed E-state index contributed by atoms with van der Waals surface area (Å²) < 4.78 is 29.2. The number of piperidine rings is 1. The first-order chi connectivity index (χ1) is 26.9. The van der Waals surface area contributed by atoms with Crippen LogP contribution in [0.4, 0.5) is 17.1 Å². The summed E-state index contributed by atoms with van der Waals surface area (Å²) in [5.41, 5.74) is 5.07. The number of carbonyl (C=O) groups is 4. The van der Waals surface area contributed by atoms with Crippen molar-refractivity contribution in [2.24, 2.45) is 5.92 Å². The Labute approximate surface area is 329 Å². The van der Waals surface area contributed by atoms with E-state index in [-0.39, 0.29) is 34.4 Å². The van der Waals surface area contributed by atoms with E-state index in [1.54, 1.807) is 26.0 Å². The molecule has 1 aliphatic carbocycles. The third kappa shape index (κ3) is 9.72. The molecule has 11 nitrogen and oxygen atoms in total. The molecule has 3 N–H and O–H groups in total. The van der Waals surface area contributed by atoms with Crippen LogP contribution in [-0.2, 0) is 27.7 Å². The second kappa shape index (κ2) is 18.1. The number of nitrogens with zero attached hydrogens (tertiary/aromatic N) is 2. The summed E-state index contributed by atoms with van der Waals surface area (Å²) >= 11 is 0. The van der Waals surface area contributed by atoms with Gasteiger partial charge in [-0.2, -0.15) is 4.31 Å². The van der Waals surface area contributed by atoms with E-state index in [2.05, 4.69) is 15.5 Å². The molecule has 4 aromatic rings. The maximum atomic E-state index is 13.9. The normalized spacial score (nSPS) is 17.3. The minimum Gasteiger partial charge on any atom is -0.481 e. The van der Waals surface area contributed by atoms with Crippen LogP contribution in [0.1, 0.15) is 101 Å². The van der Waals surface area contributed by atoms with Gasteiger partial charge in [0.05, 0.1) is 22.1 Å². The minimum absolute atomic E-state index is 0.0277. The number of nitrogens with one attached hydrogen (secondary N) is 2. The number of benzene rings is 4. The van der Waals surface area contributed by atoms with Crippen LogP contribution < -0.4 is 15.5 Å². The maximum Gasteiger partial charge on any atom is 0.306 e. The highest BCUT2D eigenvalue weighted by atomic mass is 32.2. The lowest BCUT2D eigenvalue weighted by Crippen LogP contribution is -2.42. The third-order valence-electron chi connectivity index (χ3n) is 11.0. The molecule has 0 aromatic heterocycles. The molecular weight excluding hydrogens is 729 g/mol. The molecule has 0 bridgehead atoms. The molecule has 1 saturated heterocycles. The standard InChI is InChI=1S/C44H50N4O7S/c1-3-48(37-22-18-34(19-23-37)44(52)53)56(54,55)39-9-7-8-35(28-39)42(50)46-41-25-24-38(47-26-5-4-6-27-47)29-40(41)43(51)45-36-20-14-32(15-21-36)11-10-31-12-16-33(17-13-31)30(2)49/h7-9,12-17,20-21,24-25,28-29,34,37H,3-6,10-11,18-19,22-23,26-27H2,1-2H3,(H,45,51)(H,46,50)(H,52,53). The molecule has 2 aliphatic rings. The summed E-state index contributed by atoms with van der Waals surface area (Å²) in [5.74, 6) is -2.25. The first-order valence-electron chi connectivity index (χ1n) is 19.5. The zero-order valence-electron chi connectivity index (χ0n) is 32.0. The lowest BCUT2D eigenvalue weighted by atomic mass is 9.86. The van der Waals surface area contributed by atoms with E-state index in [9.17, 15) is 32.7 Å². The monoisotopic (exact) mass is 778 g/mol. The predicted molar refractivity (Wildman–Crippen MR) is 218 cm³/mol. The summed E-state index contributed by atoms with van der Waals surface area (Å²) in [7, 11) is -3.99. The second-order valence-corrected chi connectivity index (χ2v) is 16.6. The van der Waals surface area contributed by atoms with Crippen LogP contribution in [0, 0.1) is 5.92 Å². The molecule has 12 heteroatoms. The van der Waals surface area contributed by atoms with Crippen molar-refractivity contribution < 1.29 is 32.7 Å². The van der Waals surface area contributed by atoms with E-state index in [0.29, 0.717) is 42.6 Å². The molecule has 0 radical (unpaired) electrons. The fourth-order valence-electron chi connectivity index (χ4n) is 7.69. The summed E-state index contributed by atoms with van der Waals surface area (Å²) in [6, 6.07) is 26.2. The highest BCUT2D eigenvalue weighted by Gasteiger charge is 2.35. The summed E-state index contributed by atoms with van der Waals surface area (Å²) in [6.07, 6.45) is 6.56. The number of Topliss-reactive ketones (excluding diaryl/α,β-unsaturated/α-hetero) is 1. The van der Waals surface area contributed by atoms with E-state index in [4.69, 9.17) is 0 Å². The van der Waals surface area contributed by atoms with Crippen LogP contribution in [0.25, 0.3) is 0 Å². The number of hydrogen-bond donors (Lipinski definition) is 3. The van der Waals surface area contributed by atoms with E-state index in [1.165, 1.54) is 28.6 Å². The minimum atomic E-state index is -3.99. The molecule has 1 heterocycles. The zero-order valence-corrected chi connectivity index (χ0v) is 32.8. The van der Waals surface area contributed by atoms with Crippen molar-refractivity contribution in [2.45, 2.75) is 82.6 Å². The van der Waals surface area contributed by atoms with Crippen LogP contribution in [0.2, 0.25) is 0 Å².